The second-order valence-electron chi connectivity index (χ2n) is 4.51. The van der Waals surface area contributed by atoms with E-state index in [1.807, 2.05) is 0 Å². The number of sulfonamides is 1. The second-order valence-corrected chi connectivity index (χ2v) is 6.19. The second kappa shape index (κ2) is 5.57. The number of hydrogen-bond acceptors (Lipinski definition) is 4. The Balaban J connectivity index is 2.38. The fraction of sp³-hybridized carbons (Fsp3) is 0.231. The van der Waals surface area contributed by atoms with E-state index in [-0.39, 0.29) is 10.6 Å². The topological polar surface area (TPSA) is 101 Å². The molecule has 0 fully saturated rings. The Morgan fingerprint density at radius 2 is 2.10 bits per heavy atom. The van der Waals surface area contributed by atoms with Crippen LogP contribution in [0.4, 0.5) is 5.69 Å². The van der Waals surface area contributed by atoms with Gasteiger partial charge in [0.05, 0.1) is 11.9 Å². The number of anilines is 1. The molecule has 112 valence electrons. The summed E-state index contributed by atoms with van der Waals surface area (Å²) < 4.78 is 28.3. The Kier molecular flexibility index (Phi) is 3.99. The predicted octanol–water partition coefficient (Wildman–Crippen LogP) is 1.71. The average Bonchev–Trinajstić information content (AvgIpc) is 2.83. The molecule has 0 saturated carbocycles. The van der Waals surface area contributed by atoms with E-state index in [2.05, 4.69) is 9.71 Å². The fourth-order valence-corrected chi connectivity index (χ4v) is 2.97. The number of rotatable bonds is 5. The first-order valence-electron chi connectivity index (χ1n) is 6.21. The fourth-order valence-electron chi connectivity index (χ4n) is 1.90. The highest BCUT2D eigenvalue weighted by Crippen LogP contribution is 2.19. The molecule has 21 heavy (non-hydrogen) atoms. The Bertz CT molecular complexity index is 780. The minimum Gasteiger partial charge on any atom is -0.477 e. The number of aromatic carboxylic acids is 1. The number of hydrogen-bond donors (Lipinski definition) is 2. The summed E-state index contributed by atoms with van der Waals surface area (Å²) >= 11 is 0. The van der Waals surface area contributed by atoms with Gasteiger partial charge < -0.3 is 9.67 Å². The molecule has 8 heteroatoms. The largest absolute Gasteiger partial charge is 0.477 e. The molecule has 0 amide bonds. The van der Waals surface area contributed by atoms with Crippen LogP contribution in [0.3, 0.4) is 0 Å². The molecule has 0 atom stereocenters. The molecule has 2 heterocycles. The molecule has 2 N–H and O–H groups in total. The predicted molar refractivity (Wildman–Crippen MR) is 76.8 cm³/mol. The van der Waals surface area contributed by atoms with Gasteiger partial charge in [0.1, 0.15) is 10.6 Å². The van der Waals surface area contributed by atoms with Gasteiger partial charge in [-0.25, -0.2) is 13.2 Å². The molecule has 2 rings (SSSR count). The van der Waals surface area contributed by atoms with Crippen LogP contribution in [0.25, 0.3) is 0 Å². The Morgan fingerprint density at radius 1 is 1.38 bits per heavy atom. The molecule has 0 aliphatic carbocycles. The molecule has 0 bridgehead atoms. The van der Waals surface area contributed by atoms with Crippen LogP contribution in [0.1, 0.15) is 23.0 Å². The maximum Gasteiger partial charge on any atom is 0.352 e. The van der Waals surface area contributed by atoms with Crippen LogP contribution in [-0.2, 0) is 16.6 Å². The van der Waals surface area contributed by atoms with Gasteiger partial charge in [-0.1, -0.05) is 0 Å². The zero-order chi connectivity index (χ0) is 15.6. The van der Waals surface area contributed by atoms with Gasteiger partial charge in [0.15, 0.2) is 0 Å². The number of nitrogens with zero attached hydrogens (tertiary/aromatic N) is 2. The van der Waals surface area contributed by atoms with Crippen molar-refractivity contribution < 1.29 is 18.3 Å². The van der Waals surface area contributed by atoms with E-state index >= 15 is 0 Å². The third-order valence-corrected chi connectivity index (χ3v) is 4.22. The molecule has 0 aliphatic rings. The number of aromatic nitrogens is 2. The lowest BCUT2D eigenvalue weighted by molar-refractivity contribution is 0.0685. The van der Waals surface area contributed by atoms with Crippen molar-refractivity contribution in [3.05, 3.63) is 42.0 Å². The highest BCUT2D eigenvalue weighted by atomic mass is 32.2. The third kappa shape index (κ3) is 3.22. The van der Waals surface area contributed by atoms with Crippen LogP contribution in [-0.4, -0.2) is 29.0 Å². The van der Waals surface area contributed by atoms with Gasteiger partial charge in [0, 0.05) is 18.9 Å². The number of nitrogens with one attached hydrogen (secondary N) is 1. The van der Waals surface area contributed by atoms with Crippen molar-refractivity contribution in [3.8, 4) is 0 Å². The molecule has 0 aliphatic heterocycles. The third-order valence-electron chi connectivity index (χ3n) is 2.87. The summed E-state index contributed by atoms with van der Waals surface area (Å²) in [5.41, 5.74) is 1.07. The molecule has 2 aromatic heterocycles. The first-order valence-corrected chi connectivity index (χ1v) is 7.69. The molecule has 0 radical (unpaired) electrons. The Hall–Kier alpha value is -2.35. The van der Waals surface area contributed by atoms with Crippen molar-refractivity contribution in [1.29, 1.82) is 0 Å². The molecule has 0 aromatic carbocycles. The van der Waals surface area contributed by atoms with Gasteiger partial charge in [-0.15, -0.1) is 0 Å². The van der Waals surface area contributed by atoms with Gasteiger partial charge in [-0.2, -0.15) is 0 Å². The molecule has 0 unspecified atom stereocenters. The van der Waals surface area contributed by atoms with E-state index in [1.165, 1.54) is 17.0 Å². The van der Waals surface area contributed by atoms with E-state index in [0.29, 0.717) is 12.2 Å². The molecular formula is C13H15N3O4S. The Morgan fingerprint density at radius 3 is 2.62 bits per heavy atom. The molecule has 7 nitrogen and oxygen atoms in total. The molecule has 2 aromatic rings. The lowest BCUT2D eigenvalue weighted by Gasteiger charge is -2.06. The summed E-state index contributed by atoms with van der Waals surface area (Å²) in [5, 5.41) is 9.06. The maximum atomic E-state index is 12.3. The zero-order valence-corrected chi connectivity index (χ0v) is 12.4. The van der Waals surface area contributed by atoms with Crippen molar-refractivity contribution in [1.82, 2.24) is 9.55 Å². The number of carbonyl (C=O) groups is 1. The van der Waals surface area contributed by atoms with Crippen LogP contribution < -0.4 is 4.72 Å². The highest BCUT2D eigenvalue weighted by molar-refractivity contribution is 7.92. The summed E-state index contributed by atoms with van der Waals surface area (Å²) in [6.45, 7) is 3.89. The monoisotopic (exact) mass is 309 g/mol. The van der Waals surface area contributed by atoms with Crippen molar-refractivity contribution in [2.24, 2.45) is 0 Å². The quantitative estimate of drug-likeness (QED) is 0.875. The van der Waals surface area contributed by atoms with Crippen molar-refractivity contribution in [2.75, 3.05) is 4.72 Å². The number of carboxylic acid groups (broad SMARTS) is 1. The summed E-state index contributed by atoms with van der Waals surface area (Å²) in [5.74, 6) is -1.17. The van der Waals surface area contributed by atoms with Gasteiger partial charge in [0.2, 0.25) is 0 Å². The van der Waals surface area contributed by atoms with Crippen LogP contribution >= 0.6 is 0 Å². The first kappa shape index (κ1) is 15.0. The van der Waals surface area contributed by atoms with Crippen LogP contribution in [0, 0.1) is 6.92 Å². The van der Waals surface area contributed by atoms with Gasteiger partial charge >= 0.3 is 5.97 Å². The van der Waals surface area contributed by atoms with Crippen LogP contribution in [0.5, 0.6) is 0 Å². The average molecular weight is 309 g/mol. The summed E-state index contributed by atoms with van der Waals surface area (Å²) in [4.78, 5) is 14.9. The lowest BCUT2D eigenvalue weighted by Crippen LogP contribution is -2.12. The van der Waals surface area contributed by atoms with Crippen molar-refractivity contribution >= 4 is 21.7 Å². The smallest absolute Gasteiger partial charge is 0.352 e. The maximum absolute atomic E-state index is 12.3. The van der Waals surface area contributed by atoms with Gasteiger partial charge in [0.25, 0.3) is 10.0 Å². The normalized spacial score (nSPS) is 11.3. The first-order chi connectivity index (χ1) is 9.83. The van der Waals surface area contributed by atoms with Crippen LogP contribution in [0.2, 0.25) is 0 Å². The number of aryl methyl sites for hydroxylation is 2. The van der Waals surface area contributed by atoms with Crippen LogP contribution in [0.15, 0.2) is 35.6 Å². The van der Waals surface area contributed by atoms with Gasteiger partial charge in [-0.3, -0.25) is 9.71 Å². The SMILES string of the molecule is CCn1cc(S(=O)(=O)Nc2cncc(C)c2)cc1C(=O)O. The summed E-state index contributed by atoms with van der Waals surface area (Å²) in [6.07, 6.45) is 4.29. The van der Waals surface area contributed by atoms with E-state index in [4.69, 9.17) is 5.11 Å². The Labute approximate surface area is 122 Å². The van der Waals surface area contributed by atoms with Crippen molar-refractivity contribution in [3.63, 3.8) is 0 Å². The number of carboxylic acids is 1. The highest BCUT2D eigenvalue weighted by Gasteiger charge is 2.21. The van der Waals surface area contributed by atoms with E-state index in [9.17, 15) is 13.2 Å². The van der Waals surface area contributed by atoms with Crippen molar-refractivity contribution in [2.45, 2.75) is 25.3 Å². The molecule has 0 saturated heterocycles. The summed E-state index contributed by atoms with van der Waals surface area (Å²) in [6, 6.07) is 2.77. The minimum atomic E-state index is -3.85. The van der Waals surface area contributed by atoms with E-state index in [1.54, 1.807) is 26.1 Å². The van der Waals surface area contributed by atoms with E-state index in [0.717, 1.165) is 11.6 Å². The minimum absolute atomic E-state index is 0.0692. The zero-order valence-electron chi connectivity index (χ0n) is 11.6. The number of pyridine rings is 1. The summed E-state index contributed by atoms with van der Waals surface area (Å²) in [7, 11) is -3.85. The van der Waals surface area contributed by atoms with E-state index < -0.39 is 16.0 Å². The molecular weight excluding hydrogens is 294 g/mol. The van der Waals surface area contributed by atoms with Gasteiger partial charge in [-0.05, 0) is 31.5 Å². The molecule has 0 spiro atoms. The lowest BCUT2D eigenvalue weighted by atomic mass is 10.3. The standard InChI is InChI=1S/C13H15N3O4S/c1-3-16-8-11(5-12(16)13(17)18)21(19,20)15-10-4-9(2)6-14-7-10/h4-8,15H,3H2,1-2H3,(H,17,18).